The van der Waals surface area contributed by atoms with Crippen LogP contribution in [0, 0.1) is 0 Å². The van der Waals surface area contributed by atoms with Crippen LogP contribution in [-0.2, 0) is 0 Å². The number of rotatable bonds is 0. The van der Waals surface area contributed by atoms with Gasteiger partial charge >= 0.3 is 0 Å². The normalized spacial score (nSPS) is 18.6. The molecule has 5 heavy (non-hydrogen) atoms. The molecule has 1 heterocycles. The highest BCUT2D eigenvalue weighted by Gasteiger charge is 2.17. The summed E-state index contributed by atoms with van der Waals surface area (Å²) in [6.07, 6.45) is 1.97. The molecule has 0 aromatic heterocycles. The molecule has 0 aliphatic carbocycles. The van der Waals surface area contributed by atoms with Crippen molar-refractivity contribution in [3.8, 4) is 0 Å². The lowest BCUT2D eigenvalue weighted by molar-refractivity contribution is -0.365. The van der Waals surface area contributed by atoms with Crippen molar-refractivity contribution in [3.63, 3.8) is 0 Å². The van der Waals surface area contributed by atoms with Crippen LogP contribution in [0.2, 0.25) is 0 Å². The average Bonchev–Trinajstić information content (AvgIpc) is 1.79. The van der Waals surface area contributed by atoms with E-state index in [9.17, 15) is 0 Å². The van der Waals surface area contributed by atoms with Gasteiger partial charge in [0.15, 0.2) is 0 Å². The van der Waals surface area contributed by atoms with Crippen molar-refractivity contribution < 1.29 is 4.58 Å². The van der Waals surface area contributed by atoms with Crippen molar-refractivity contribution >= 4 is 6.21 Å². The minimum atomic E-state index is 1.13. The fraction of sp³-hybridized carbons (Fsp3) is 0.250. The van der Waals surface area contributed by atoms with Gasteiger partial charge in [-0.2, -0.15) is 4.58 Å². The second-order valence-electron chi connectivity index (χ2n) is 1.23. The van der Waals surface area contributed by atoms with Crippen LogP contribution in [0.15, 0.2) is 12.3 Å². The lowest BCUT2D eigenvalue weighted by atomic mass is 10.7. The molecule has 0 aromatic carbocycles. The number of allylic oxidation sites excluding steroid dienone is 1. The zero-order valence-corrected chi connectivity index (χ0v) is 3.23. The van der Waals surface area contributed by atoms with Crippen molar-refractivity contribution in [1.29, 1.82) is 0 Å². The first-order chi connectivity index (χ1) is 2.30. The Morgan fingerprint density at radius 2 is 2.20 bits per heavy atom. The van der Waals surface area contributed by atoms with Crippen LogP contribution in [0.5, 0.6) is 0 Å². The smallest absolute Gasteiger partial charge is 0.191 e. The molecule has 0 fully saturated rings. The zero-order valence-electron chi connectivity index (χ0n) is 3.23. The van der Waals surface area contributed by atoms with Crippen LogP contribution in [0.3, 0.4) is 0 Å². The monoisotopic (exact) mass is 68.0 g/mol. The maximum atomic E-state index is 3.62. The van der Waals surface area contributed by atoms with E-state index in [4.69, 9.17) is 0 Å². The van der Waals surface area contributed by atoms with Gasteiger partial charge in [-0.25, -0.2) is 0 Å². The van der Waals surface area contributed by atoms with Gasteiger partial charge < -0.3 is 0 Å². The molecule has 0 bridgehead atoms. The maximum absolute atomic E-state index is 3.62. The van der Waals surface area contributed by atoms with Crippen LogP contribution in [-0.4, -0.2) is 17.8 Å². The molecule has 1 aliphatic rings. The molecule has 26 valence electrons. The standard InChI is InChI=1S/C4H6N/c1-4-3-5(4)2/h3H,1H2,2H3/q+1. The quantitative estimate of drug-likeness (QED) is 0.357. The molecule has 0 saturated heterocycles. The van der Waals surface area contributed by atoms with Gasteiger partial charge in [0.1, 0.15) is 7.05 Å². The Labute approximate surface area is 31.2 Å². The van der Waals surface area contributed by atoms with E-state index in [0.29, 0.717) is 0 Å². The van der Waals surface area contributed by atoms with Gasteiger partial charge in [-0.15, -0.1) is 0 Å². The van der Waals surface area contributed by atoms with Crippen molar-refractivity contribution in [2.45, 2.75) is 0 Å². The topological polar surface area (TPSA) is 3.01 Å². The zero-order chi connectivity index (χ0) is 3.86. The largest absolute Gasteiger partial charge is 0.262 e. The Balaban J connectivity index is 2.69. The van der Waals surface area contributed by atoms with Gasteiger partial charge in [0.25, 0.3) is 5.70 Å². The first-order valence-corrected chi connectivity index (χ1v) is 1.57. The van der Waals surface area contributed by atoms with Gasteiger partial charge in [0, 0.05) is 0 Å². The summed E-state index contributed by atoms with van der Waals surface area (Å²) >= 11 is 0. The molecule has 1 nitrogen and oxygen atoms in total. The highest BCUT2D eigenvalue weighted by Crippen LogP contribution is 1.96. The predicted molar refractivity (Wildman–Crippen MR) is 21.4 cm³/mol. The SMILES string of the molecule is C=C1C=[N+]1C. The van der Waals surface area contributed by atoms with Gasteiger partial charge in [0.2, 0.25) is 6.21 Å². The summed E-state index contributed by atoms with van der Waals surface area (Å²) in [5, 5.41) is 0. The molecule has 0 N–H and O–H groups in total. The molecule has 0 saturated carbocycles. The van der Waals surface area contributed by atoms with Crippen molar-refractivity contribution in [3.05, 3.63) is 12.3 Å². The van der Waals surface area contributed by atoms with Crippen LogP contribution in [0.1, 0.15) is 0 Å². The van der Waals surface area contributed by atoms with E-state index < -0.39 is 0 Å². The molecule has 0 spiro atoms. The highest BCUT2D eigenvalue weighted by molar-refractivity contribution is 5.79. The molecule has 1 heteroatoms. The first-order valence-electron chi connectivity index (χ1n) is 1.57. The van der Waals surface area contributed by atoms with Gasteiger partial charge in [0.05, 0.1) is 0 Å². The second-order valence-corrected chi connectivity index (χ2v) is 1.23. The van der Waals surface area contributed by atoms with E-state index in [1.807, 2.05) is 17.8 Å². The Morgan fingerprint density at radius 3 is 2.20 bits per heavy atom. The highest BCUT2D eigenvalue weighted by atomic mass is 15.1. The van der Waals surface area contributed by atoms with Crippen molar-refractivity contribution in [2.75, 3.05) is 7.05 Å². The van der Waals surface area contributed by atoms with E-state index in [1.165, 1.54) is 0 Å². The van der Waals surface area contributed by atoms with Crippen molar-refractivity contribution in [1.82, 2.24) is 0 Å². The molecule has 0 atom stereocenters. The van der Waals surface area contributed by atoms with Crippen LogP contribution in [0.25, 0.3) is 0 Å². The third-order valence-corrected chi connectivity index (χ3v) is 0.728. The van der Waals surface area contributed by atoms with Crippen molar-refractivity contribution in [2.24, 2.45) is 0 Å². The van der Waals surface area contributed by atoms with E-state index in [-0.39, 0.29) is 0 Å². The Hall–Kier alpha value is -0.590. The first kappa shape index (κ1) is 2.64. The summed E-state index contributed by atoms with van der Waals surface area (Å²) in [4.78, 5) is 0. The fourth-order valence-electron chi connectivity index (χ4n) is 0.195. The minimum absolute atomic E-state index is 1.13. The Bertz CT molecular complexity index is 100. The number of hydrogen-bond acceptors (Lipinski definition) is 0. The summed E-state index contributed by atoms with van der Waals surface area (Å²) in [7, 11) is 1.97. The minimum Gasteiger partial charge on any atom is -0.191 e. The number of hydrogen-bond donors (Lipinski definition) is 0. The van der Waals surface area contributed by atoms with Crippen LogP contribution in [0.4, 0.5) is 0 Å². The Morgan fingerprint density at radius 1 is 2.00 bits per heavy atom. The van der Waals surface area contributed by atoms with Gasteiger partial charge in [-0.3, -0.25) is 0 Å². The third-order valence-electron chi connectivity index (χ3n) is 0.728. The van der Waals surface area contributed by atoms with Gasteiger partial charge in [-0.05, 0) is 6.58 Å². The molecule has 0 radical (unpaired) electrons. The summed E-state index contributed by atoms with van der Waals surface area (Å²) in [5.74, 6) is 0. The summed E-state index contributed by atoms with van der Waals surface area (Å²) in [6.45, 7) is 3.62. The maximum Gasteiger partial charge on any atom is 0.262 e. The fourth-order valence-corrected chi connectivity index (χ4v) is 0.195. The van der Waals surface area contributed by atoms with E-state index in [1.54, 1.807) is 0 Å². The third kappa shape index (κ3) is 0.232. The summed E-state index contributed by atoms with van der Waals surface area (Å²) in [6, 6.07) is 0. The lowest BCUT2D eigenvalue weighted by Crippen LogP contribution is -1.67. The molecule has 1 rings (SSSR count). The predicted octanol–water partition coefficient (Wildman–Crippen LogP) is 0.227. The summed E-state index contributed by atoms with van der Waals surface area (Å²) in [5.41, 5.74) is 1.13. The van der Waals surface area contributed by atoms with E-state index in [0.717, 1.165) is 5.70 Å². The molecule has 1 aliphatic heterocycles. The Kier molecular flexibility index (Phi) is 0.254. The molecular formula is C4H6N+. The van der Waals surface area contributed by atoms with Crippen LogP contribution < -0.4 is 0 Å². The second kappa shape index (κ2) is 0.482. The molecular weight excluding hydrogens is 62.1 g/mol. The number of nitrogens with zero attached hydrogens (tertiary/aromatic N) is 1. The average molecular weight is 68.1 g/mol. The molecule has 0 unspecified atom stereocenters. The van der Waals surface area contributed by atoms with E-state index in [2.05, 4.69) is 6.58 Å². The van der Waals surface area contributed by atoms with Crippen LogP contribution >= 0.6 is 0 Å². The van der Waals surface area contributed by atoms with E-state index >= 15 is 0 Å². The lowest BCUT2D eigenvalue weighted by Gasteiger charge is -1.50. The summed E-state index contributed by atoms with van der Waals surface area (Å²) < 4.78 is 1.97. The molecule has 0 amide bonds. The van der Waals surface area contributed by atoms with Gasteiger partial charge in [-0.1, -0.05) is 0 Å². The molecule has 0 aromatic rings.